The molecule has 0 aliphatic carbocycles. The molecule has 0 radical (unpaired) electrons. The van der Waals surface area contributed by atoms with Crippen molar-refractivity contribution in [2.24, 2.45) is 7.05 Å². The Bertz CT molecular complexity index is 1370. The summed E-state index contributed by atoms with van der Waals surface area (Å²) < 4.78 is 5.60. The fourth-order valence-corrected chi connectivity index (χ4v) is 4.27. The lowest BCUT2D eigenvalue weighted by molar-refractivity contribution is 0.625. The zero-order chi connectivity index (χ0) is 22.2. The number of hydrogen-bond acceptors (Lipinski definition) is 7. The molecule has 1 aliphatic rings. The molecule has 5 aromatic rings. The zero-order valence-corrected chi connectivity index (χ0v) is 18.4. The monoisotopic (exact) mass is 440 g/mol. The van der Waals surface area contributed by atoms with Crippen LogP contribution in [0, 0.1) is 0 Å². The van der Waals surface area contributed by atoms with Crippen LogP contribution >= 0.6 is 0 Å². The Labute approximate surface area is 190 Å². The molecule has 0 spiro atoms. The van der Waals surface area contributed by atoms with Crippen LogP contribution in [0.4, 0.5) is 11.6 Å². The third-order valence-electron chi connectivity index (χ3n) is 6.01. The van der Waals surface area contributed by atoms with Crippen LogP contribution in [0.2, 0.25) is 0 Å². The number of aryl methyl sites for hydroxylation is 1. The maximum atomic E-state index is 4.66. The van der Waals surface area contributed by atoms with E-state index in [1.54, 1.807) is 12.5 Å². The molecule has 1 aliphatic heterocycles. The Kier molecular flexibility index (Phi) is 4.75. The molecule has 10 heteroatoms. The van der Waals surface area contributed by atoms with Crippen molar-refractivity contribution in [3.8, 4) is 11.1 Å². The van der Waals surface area contributed by atoms with Gasteiger partial charge in [0.2, 0.25) is 5.95 Å². The van der Waals surface area contributed by atoms with Crippen LogP contribution in [0.1, 0.15) is 5.69 Å². The molecule has 5 aromatic heterocycles. The van der Waals surface area contributed by atoms with Gasteiger partial charge in [-0.25, -0.2) is 14.2 Å². The number of aromatic nitrogens is 8. The van der Waals surface area contributed by atoms with E-state index >= 15 is 0 Å². The molecule has 0 amide bonds. The van der Waals surface area contributed by atoms with Gasteiger partial charge in [-0.15, -0.1) is 5.10 Å². The molecule has 166 valence electrons. The van der Waals surface area contributed by atoms with Gasteiger partial charge in [-0.1, -0.05) is 12.1 Å². The predicted octanol–water partition coefficient (Wildman–Crippen LogP) is 2.10. The molecular formula is C23H24N10. The largest absolute Gasteiger partial charge is 0.365 e. The van der Waals surface area contributed by atoms with Crippen LogP contribution in [0.3, 0.4) is 0 Å². The third kappa shape index (κ3) is 3.79. The first kappa shape index (κ1) is 19.5. The van der Waals surface area contributed by atoms with Crippen molar-refractivity contribution in [3.63, 3.8) is 0 Å². The fourth-order valence-electron chi connectivity index (χ4n) is 4.27. The first-order valence-corrected chi connectivity index (χ1v) is 11.0. The second-order valence-electron chi connectivity index (χ2n) is 8.22. The van der Waals surface area contributed by atoms with E-state index in [0.29, 0.717) is 6.54 Å². The van der Waals surface area contributed by atoms with E-state index in [1.165, 1.54) is 0 Å². The Morgan fingerprint density at radius 2 is 1.73 bits per heavy atom. The maximum absolute atomic E-state index is 4.66. The number of fused-ring (bicyclic) bond motifs is 1. The molecule has 0 atom stereocenters. The van der Waals surface area contributed by atoms with Crippen molar-refractivity contribution >= 4 is 17.2 Å². The number of hydrogen-bond donors (Lipinski definition) is 0. The molecule has 1 saturated heterocycles. The molecule has 0 saturated carbocycles. The maximum Gasteiger partial charge on any atom is 0.244 e. The first-order chi connectivity index (χ1) is 16.2. The molecule has 6 rings (SSSR count). The summed E-state index contributed by atoms with van der Waals surface area (Å²) in [6.45, 7) is 4.12. The summed E-state index contributed by atoms with van der Waals surface area (Å²) in [5.74, 6) is 0.770. The Morgan fingerprint density at radius 3 is 2.52 bits per heavy atom. The SMILES string of the molecule is Cn1cc(-c2ccc3c(N4CCN(c5ncn(Cc6ccccn6)n5)CC4)cnn3c2)cn1. The number of rotatable bonds is 5. The summed E-state index contributed by atoms with van der Waals surface area (Å²) in [5.41, 5.74) is 5.41. The van der Waals surface area contributed by atoms with E-state index in [0.717, 1.165) is 60.2 Å². The summed E-state index contributed by atoms with van der Waals surface area (Å²) in [6, 6.07) is 10.2. The third-order valence-corrected chi connectivity index (χ3v) is 6.01. The van der Waals surface area contributed by atoms with Gasteiger partial charge in [0.15, 0.2) is 0 Å². The Morgan fingerprint density at radius 1 is 0.848 bits per heavy atom. The lowest BCUT2D eigenvalue weighted by atomic mass is 10.1. The molecule has 1 fully saturated rings. The molecule has 0 aromatic carbocycles. The minimum atomic E-state index is 0.622. The summed E-state index contributed by atoms with van der Waals surface area (Å²) in [5, 5.41) is 13.5. The average molecular weight is 441 g/mol. The fraction of sp³-hybridized carbons (Fsp3) is 0.261. The van der Waals surface area contributed by atoms with Crippen LogP contribution in [0.25, 0.3) is 16.6 Å². The van der Waals surface area contributed by atoms with Crippen LogP contribution in [0.5, 0.6) is 0 Å². The highest BCUT2D eigenvalue weighted by Gasteiger charge is 2.22. The normalized spacial score (nSPS) is 14.3. The van der Waals surface area contributed by atoms with Gasteiger partial charge < -0.3 is 9.80 Å². The van der Waals surface area contributed by atoms with E-state index in [2.05, 4.69) is 53.4 Å². The minimum Gasteiger partial charge on any atom is -0.365 e. The van der Waals surface area contributed by atoms with Gasteiger partial charge >= 0.3 is 0 Å². The van der Waals surface area contributed by atoms with Gasteiger partial charge in [0.25, 0.3) is 0 Å². The van der Waals surface area contributed by atoms with Gasteiger partial charge in [-0.05, 0) is 18.2 Å². The molecule has 0 unspecified atom stereocenters. The summed E-state index contributed by atoms with van der Waals surface area (Å²) in [7, 11) is 1.92. The van der Waals surface area contributed by atoms with Crippen molar-refractivity contribution < 1.29 is 0 Å². The van der Waals surface area contributed by atoms with Crippen molar-refractivity contribution in [2.75, 3.05) is 36.0 Å². The highest BCUT2D eigenvalue weighted by Crippen LogP contribution is 2.26. The minimum absolute atomic E-state index is 0.622. The van der Waals surface area contributed by atoms with Crippen LogP contribution in [-0.4, -0.2) is 65.3 Å². The van der Waals surface area contributed by atoms with Crippen molar-refractivity contribution in [3.05, 3.63) is 73.3 Å². The zero-order valence-electron chi connectivity index (χ0n) is 18.4. The standard InChI is InChI=1S/C23H24N10/c1-29-14-19(12-26-29)18-5-6-21-22(13-27-33(21)15-18)30-8-10-31(11-9-30)23-25-17-32(28-23)16-20-4-2-3-7-24-20/h2-7,12-15,17H,8-11,16H2,1H3. The first-order valence-electron chi connectivity index (χ1n) is 11.0. The summed E-state index contributed by atoms with van der Waals surface area (Å²) >= 11 is 0. The van der Waals surface area contributed by atoms with Crippen LogP contribution in [-0.2, 0) is 13.6 Å². The molecule has 33 heavy (non-hydrogen) atoms. The Hall–Kier alpha value is -4.21. The molecule has 0 bridgehead atoms. The number of piperazine rings is 1. The van der Waals surface area contributed by atoms with E-state index in [-0.39, 0.29) is 0 Å². The summed E-state index contributed by atoms with van der Waals surface area (Å²) in [6.07, 6.45) is 11.5. The van der Waals surface area contributed by atoms with Gasteiger partial charge in [-0.3, -0.25) is 9.67 Å². The summed E-state index contributed by atoms with van der Waals surface area (Å²) in [4.78, 5) is 13.5. The lowest BCUT2D eigenvalue weighted by Crippen LogP contribution is -2.47. The van der Waals surface area contributed by atoms with E-state index in [1.807, 2.05) is 57.7 Å². The van der Waals surface area contributed by atoms with Crippen LogP contribution in [0.15, 0.2) is 67.6 Å². The molecule has 10 nitrogen and oxygen atoms in total. The van der Waals surface area contributed by atoms with Crippen molar-refractivity contribution in [2.45, 2.75) is 6.54 Å². The van der Waals surface area contributed by atoms with E-state index in [4.69, 9.17) is 0 Å². The highest BCUT2D eigenvalue weighted by atomic mass is 15.4. The second-order valence-corrected chi connectivity index (χ2v) is 8.22. The van der Waals surface area contributed by atoms with Gasteiger partial charge in [0, 0.05) is 62.9 Å². The van der Waals surface area contributed by atoms with Crippen molar-refractivity contribution in [1.29, 1.82) is 0 Å². The quantitative estimate of drug-likeness (QED) is 0.414. The topological polar surface area (TPSA) is 85.2 Å². The highest BCUT2D eigenvalue weighted by molar-refractivity contribution is 5.75. The predicted molar refractivity (Wildman–Crippen MR) is 125 cm³/mol. The lowest BCUT2D eigenvalue weighted by Gasteiger charge is -2.34. The molecule has 6 heterocycles. The van der Waals surface area contributed by atoms with Crippen LogP contribution < -0.4 is 9.80 Å². The Balaban J connectivity index is 1.14. The van der Waals surface area contributed by atoms with Gasteiger partial charge in [0.1, 0.15) is 6.33 Å². The van der Waals surface area contributed by atoms with Gasteiger partial charge in [-0.2, -0.15) is 10.2 Å². The van der Waals surface area contributed by atoms with Crippen molar-refractivity contribution in [1.82, 2.24) is 39.1 Å². The number of nitrogens with zero attached hydrogens (tertiary/aromatic N) is 10. The smallest absolute Gasteiger partial charge is 0.244 e. The second kappa shape index (κ2) is 8.05. The number of anilines is 2. The number of pyridine rings is 2. The molecular weight excluding hydrogens is 416 g/mol. The van der Waals surface area contributed by atoms with E-state index in [9.17, 15) is 0 Å². The van der Waals surface area contributed by atoms with Gasteiger partial charge in [0.05, 0.1) is 35.8 Å². The molecule has 0 N–H and O–H groups in total. The average Bonchev–Trinajstić information content (AvgIpc) is 3.59. The van der Waals surface area contributed by atoms with E-state index < -0.39 is 0 Å².